The van der Waals surface area contributed by atoms with Crippen molar-refractivity contribution in [3.8, 4) is 0 Å². The van der Waals surface area contributed by atoms with Gasteiger partial charge in [-0.25, -0.2) is 0 Å². The molecule has 1 N–H and O–H groups in total. The summed E-state index contributed by atoms with van der Waals surface area (Å²) in [5, 5.41) is 3.34. The molecule has 15 heavy (non-hydrogen) atoms. The lowest BCUT2D eigenvalue weighted by Crippen LogP contribution is -2.50. The van der Waals surface area contributed by atoms with Gasteiger partial charge < -0.3 is 15.1 Å². The van der Waals surface area contributed by atoms with E-state index in [-0.39, 0.29) is 11.4 Å². The number of likely N-dealkylation sites (N-methyl/N-ethyl adjacent to an activating group) is 1. The second-order valence-electron chi connectivity index (χ2n) is 5.10. The van der Waals surface area contributed by atoms with Gasteiger partial charge in [-0.05, 0) is 26.8 Å². The summed E-state index contributed by atoms with van der Waals surface area (Å²) >= 11 is 0. The van der Waals surface area contributed by atoms with E-state index in [1.807, 2.05) is 4.90 Å². The number of carbonyl (C=O) groups excluding carboxylic acids is 1. The molecule has 0 aromatic rings. The van der Waals surface area contributed by atoms with Gasteiger partial charge in [-0.2, -0.15) is 0 Å². The van der Waals surface area contributed by atoms with Crippen LogP contribution in [0.15, 0.2) is 0 Å². The van der Waals surface area contributed by atoms with Crippen LogP contribution in [0.5, 0.6) is 0 Å². The third-order valence-corrected chi connectivity index (χ3v) is 3.52. The first kappa shape index (κ1) is 10.9. The first-order chi connectivity index (χ1) is 7.09. The zero-order valence-electron chi connectivity index (χ0n) is 9.75. The largest absolute Gasteiger partial charge is 0.339 e. The molecule has 1 saturated carbocycles. The molecule has 1 aliphatic carbocycles. The van der Waals surface area contributed by atoms with E-state index in [1.165, 1.54) is 12.8 Å². The Morgan fingerprint density at radius 2 is 1.87 bits per heavy atom. The van der Waals surface area contributed by atoms with Gasteiger partial charge in [0.05, 0.1) is 6.54 Å². The lowest BCUT2D eigenvalue weighted by atomic mass is 10.3. The van der Waals surface area contributed by atoms with Crippen LogP contribution in [0.4, 0.5) is 0 Å². The van der Waals surface area contributed by atoms with Crippen LogP contribution in [0, 0.1) is 0 Å². The molecule has 0 radical (unpaired) electrons. The van der Waals surface area contributed by atoms with Gasteiger partial charge in [-0.3, -0.25) is 4.79 Å². The summed E-state index contributed by atoms with van der Waals surface area (Å²) in [5.74, 6) is 0.260. The molecule has 2 rings (SSSR count). The molecule has 0 unspecified atom stereocenters. The fraction of sp³-hybridized carbons (Fsp3) is 0.909. The quantitative estimate of drug-likeness (QED) is 0.708. The normalized spacial score (nSPS) is 25.3. The number of piperazine rings is 1. The highest BCUT2D eigenvalue weighted by Crippen LogP contribution is 2.33. The highest BCUT2D eigenvalue weighted by atomic mass is 16.2. The summed E-state index contributed by atoms with van der Waals surface area (Å²) in [6, 6.07) is 0. The maximum absolute atomic E-state index is 11.8. The smallest absolute Gasteiger partial charge is 0.236 e. The number of carbonyl (C=O) groups is 1. The molecule has 2 fully saturated rings. The molecule has 1 aliphatic heterocycles. The SMILES string of the molecule is CN1CCN(C(=O)CNC2(C)CC2)CC1. The number of rotatable bonds is 3. The van der Waals surface area contributed by atoms with Gasteiger partial charge in [0.15, 0.2) is 0 Å². The molecule has 1 amide bonds. The van der Waals surface area contributed by atoms with Gasteiger partial charge in [0.2, 0.25) is 5.91 Å². The van der Waals surface area contributed by atoms with E-state index in [4.69, 9.17) is 0 Å². The molecule has 0 bridgehead atoms. The van der Waals surface area contributed by atoms with Crippen LogP contribution in [-0.4, -0.2) is 61.0 Å². The van der Waals surface area contributed by atoms with E-state index >= 15 is 0 Å². The minimum atomic E-state index is 0.260. The Labute approximate surface area is 91.6 Å². The summed E-state index contributed by atoms with van der Waals surface area (Å²) in [6.45, 7) is 6.47. The fourth-order valence-corrected chi connectivity index (χ4v) is 1.82. The molecular formula is C11H21N3O. The topological polar surface area (TPSA) is 35.6 Å². The van der Waals surface area contributed by atoms with Crippen molar-refractivity contribution >= 4 is 5.91 Å². The van der Waals surface area contributed by atoms with Gasteiger partial charge in [0.1, 0.15) is 0 Å². The maximum Gasteiger partial charge on any atom is 0.236 e. The Balaban J connectivity index is 1.71. The van der Waals surface area contributed by atoms with Crippen LogP contribution in [0.1, 0.15) is 19.8 Å². The van der Waals surface area contributed by atoms with Gasteiger partial charge in [-0.15, -0.1) is 0 Å². The van der Waals surface area contributed by atoms with Crippen molar-refractivity contribution in [2.24, 2.45) is 0 Å². The van der Waals surface area contributed by atoms with E-state index in [9.17, 15) is 4.79 Å². The van der Waals surface area contributed by atoms with Crippen molar-refractivity contribution in [3.05, 3.63) is 0 Å². The summed E-state index contributed by atoms with van der Waals surface area (Å²) in [6.07, 6.45) is 2.42. The summed E-state index contributed by atoms with van der Waals surface area (Å²) in [5.41, 5.74) is 0.266. The van der Waals surface area contributed by atoms with Crippen LogP contribution < -0.4 is 5.32 Å². The number of hydrogen-bond donors (Lipinski definition) is 1. The van der Waals surface area contributed by atoms with Crippen molar-refractivity contribution in [2.45, 2.75) is 25.3 Å². The number of nitrogens with one attached hydrogen (secondary N) is 1. The molecule has 0 atom stereocenters. The zero-order chi connectivity index (χ0) is 10.9. The van der Waals surface area contributed by atoms with E-state index < -0.39 is 0 Å². The predicted octanol–water partition coefficient (Wildman–Crippen LogP) is -0.0975. The Morgan fingerprint density at radius 3 is 2.40 bits per heavy atom. The third kappa shape index (κ3) is 2.92. The highest BCUT2D eigenvalue weighted by Gasteiger charge is 2.37. The minimum Gasteiger partial charge on any atom is -0.339 e. The van der Waals surface area contributed by atoms with Crippen molar-refractivity contribution in [1.29, 1.82) is 0 Å². The first-order valence-corrected chi connectivity index (χ1v) is 5.80. The van der Waals surface area contributed by atoms with Crippen LogP contribution in [0.3, 0.4) is 0 Å². The monoisotopic (exact) mass is 211 g/mol. The summed E-state index contributed by atoms with van der Waals surface area (Å²) < 4.78 is 0. The second kappa shape index (κ2) is 4.10. The van der Waals surface area contributed by atoms with Crippen molar-refractivity contribution in [3.63, 3.8) is 0 Å². The lowest BCUT2D eigenvalue weighted by molar-refractivity contribution is -0.131. The van der Waals surface area contributed by atoms with Crippen molar-refractivity contribution < 1.29 is 4.79 Å². The van der Waals surface area contributed by atoms with Gasteiger partial charge in [0, 0.05) is 31.7 Å². The van der Waals surface area contributed by atoms with E-state index in [2.05, 4.69) is 24.2 Å². The van der Waals surface area contributed by atoms with E-state index in [0.29, 0.717) is 6.54 Å². The molecule has 4 nitrogen and oxygen atoms in total. The molecule has 1 saturated heterocycles. The molecular weight excluding hydrogens is 190 g/mol. The molecule has 86 valence electrons. The molecule has 0 aromatic carbocycles. The maximum atomic E-state index is 11.8. The van der Waals surface area contributed by atoms with E-state index in [1.54, 1.807) is 0 Å². The average Bonchev–Trinajstić information content (AvgIpc) is 2.95. The standard InChI is InChI=1S/C11H21N3O/c1-11(3-4-11)12-9-10(15)14-7-5-13(2)6-8-14/h12H,3-9H2,1-2H3. The Hall–Kier alpha value is -0.610. The second-order valence-corrected chi connectivity index (χ2v) is 5.10. The van der Waals surface area contributed by atoms with Crippen LogP contribution in [0.2, 0.25) is 0 Å². The minimum absolute atomic E-state index is 0.260. The summed E-state index contributed by atoms with van der Waals surface area (Å²) in [7, 11) is 2.10. The molecule has 4 heteroatoms. The third-order valence-electron chi connectivity index (χ3n) is 3.52. The number of hydrogen-bond acceptors (Lipinski definition) is 3. The van der Waals surface area contributed by atoms with Crippen molar-refractivity contribution in [2.75, 3.05) is 39.8 Å². The number of amides is 1. The van der Waals surface area contributed by atoms with Gasteiger partial charge in [0.25, 0.3) is 0 Å². The Bertz CT molecular complexity index is 242. The Morgan fingerprint density at radius 1 is 1.27 bits per heavy atom. The Kier molecular flexibility index (Phi) is 2.98. The summed E-state index contributed by atoms with van der Waals surface area (Å²) in [4.78, 5) is 16.1. The number of nitrogens with zero attached hydrogens (tertiary/aromatic N) is 2. The predicted molar refractivity (Wildman–Crippen MR) is 59.7 cm³/mol. The van der Waals surface area contributed by atoms with Gasteiger partial charge >= 0.3 is 0 Å². The molecule has 1 heterocycles. The highest BCUT2D eigenvalue weighted by molar-refractivity contribution is 5.78. The molecule has 0 spiro atoms. The van der Waals surface area contributed by atoms with Gasteiger partial charge in [-0.1, -0.05) is 0 Å². The van der Waals surface area contributed by atoms with E-state index in [0.717, 1.165) is 26.2 Å². The van der Waals surface area contributed by atoms with Crippen LogP contribution >= 0.6 is 0 Å². The van der Waals surface area contributed by atoms with Crippen LogP contribution in [-0.2, 0) is 4.79 Å². The lowest BCUT2D eigenvalue weighted by Gasteiger charge is -2.32. The first-order valence-electron chi connectivity index (χ1n) is 5.80. The zero-order valence-corrected chi connectivity index (χ0v) is 9.75. The average molecular weight is 211 g/mol. The molecule has 2 aliphatic rings. The van der Waals surface area contributed by atoms with Crippen LogP contribution in [0.25, 0.3) is 0 Å². The fourth-order valence-electron chi connectivity index (χ4n) is 1.82. The molecule has 0 aromatic heterocycles. The van der Waals surface area contributed by atoms with Crippen molar-refractivity contribution in [1.82, 2.24) is 15.1 Å².